The molecule has 0 saturated carbocycles. The lowest BCUT2D eigenvalue weighted by Crippen LogP contribution is -2.41. The zero-order chi connectivity index (χ0) is 21.7. The fourth-order valence-electron chi connectivity index (χ4n) is 3.33. The molecule has 0 aromatic heterocycles. The molecule has 3 rings (SSSR count). The number of benzene rings is 2. The molecule has 2 aromatic rings. The normalized spacial score (nSPS) is 15.5. The summed E-state index contributed by atoms with van der Waals surface area (Å²) in [5, 5.41) is 2.84. The summed E-state index contributed by atoms with van der Waals surface area (Å²) < 4.78 is 37.4. The summed E-state index contributed by atoms with van der Waals surface area (Å²) in [6, 6.07) is 13.0. The van der Waals surface area contributed by atoms with Crippen molar-refractivity contribution in [1.29, 1.82) is 0 Å². The maximum absolute atomic E-state index is 12.3. The summed E-state index contributed by atoms with van der Waals surface area (Å²) in [6.07, 6.45) is 1.57. The highest BCUT2D eigenvalue weighted by Crippen LogP contribution is 2.30. The predicted octanol–water partition coefficient (Wildman–Crippen LogP) is 2.81. The highest BCUT2D eigenvalue weighted by atomic mass is 32.2. The van der Waals surface area contributed by atoms with E-state index in [1.54, 1.807) is 6.07 Å². The molecule has 0 bridgehead atoms. The van der Waals surface area contributed by atoms with Crippen LogP contribution in [0.1, 0.15) is 24.0 Å². The van der Waals surface area contributed by atoms with Gasteiger partial charge in [-0.1, -0.05) is 24.3 Å². The molecule has 162 valence electrons. The minimum atomic E-state index is -3.45. The van der Waals surface area contributed by atoms with Crippen LogP contribution in [0.4, 0.5) is 5.69 Å². The minimum absolute atomic E-state index is 0.146. The van der Waals surface area contributed by atoms with E-state index in [9.17, 15) is 13.2 Å². The van der Waals surface area contributed by atoms with Crippen molar-refractivity contribution in [3.8, 4) is 11.5 Å². The van der Waals surface area contributed by atoms with Crippen molar-refractivity contribution in [3.63, 3.8) is 0 Å². The van der Waals surface area contributed by atoms with E-state index in [-0.39, 0.29) is 25.0 Å². The van der Waals surface area contributed by atoms with Crippen LogP contribution in [0.15, 0.2) is 42.5 Å². The number of carbonyl (C=O) groups excluding carboxylic acids is 1. The average molecular weight is 433 g/mol. The Morgan fingerprint density at radius 3 is 2.60 bits per heavy atom. The van der Waals surface area contributed by atoms with Crippen LogP contribution in [0.3, 0.4) is 0 Å². The smallest absolute Gasteiger partial charge is 0.232 e. The number of ether oxygens (including phenoxy) is 2. The molecule has 1 atom stereocenters. The van der Waals surface area contributed by atoms with Gasteiger partial charge in [0.25, 0.3) is 0 Å². The lowest BCUT2D eigenvalue weighted by Gasteiger charge is -2.26. The second-order valence-electron chi connectivity index (χ2n) is 7.46. The number of nitrogens with zero attached hydrogens (tertiary/aromatic N) is 1. The number of rotatable bonds is 8. The highest BCUT2D eigenvalue weighted by molar-refractivity contribution is 7.92. The lowest BCUT2D eigenvalue weighted by atomic mass is 10.1. The number of amides is 1. The minimum Gasteiger partial charge on any atom is -0.486 e. The molecule has 0 unspecified atom stereocenters. The van der Waals surface area contributed by atoms with Crippen LogP contribution in [-0.2, 0) is 14.8 Å². The second-order valence-corrected chi connectivity index (χ2v) is 9.37. The van der Waals surface area contributed by atoms with Gasteiger partial charge in [-0.25, -0.2) is 8.42 Å². The Bertz CT molecular complexity index is 1010. The quantitative estimate of drug-likeness (QED) is 0.693. The van der Waals surface area contributed by atoms with Gasteiger partial charge in [-0.15, -0.1) is 0 Å². The molecule has 30 heavy (non-hydrogen) atoms. The monoisotopic (exact) mass is 432 g/mol. The van der Waals surface area contributed by atoms with Gasteiger partial charge in [0.1, 0.15) is 12.7 Å². The highest BCUT2D eigenvalue weighted by Gasteiger charge is 2.22. The molecule has 8 heteroatoms. The molecule has 0 spiro atoms. The van der Waals surface area contributed by atoms with Crippen molar-refractivity contribution < 1.29 is 22.7 Å². The topological polar surface area (TPSA) is 84.9 Å². The molecule has 7 nitrogen and oxygen atoms in total. The standard InChI is InChI=1S/C22H28N2O5S/c1-16-8-6-9-19(17(16)2)24(30(3,26)27)13-7-12-22(25)23-14-18-15-28-20-10-4-5-11-21(20)29-18/h4-6,8-11,18H,7,12-15H2,1-3H3,(H,23,25)/t18-/m0/s1. The van der Waals surface area contributed by atoms with E-state index in [1.165, 1.54) is 10.6 Å². The molecule has 0 saturated heterocycles. The van der Waals surface area contributed by atoms with Gasteiger partial charge in [-0.3, -0.25) is 9.10 Å². The maximum Gasteiger partial charge on any atom is 0.232 e. The molecular formula is C22H28N2O5S. The summed E-state index contributed by atoms with van der Waals surface area (Å²) in [7, 11) is -3.45. The SMILES string of the molecule is Cc1cccc(N(CCCC(=O)NC[C@H]2COc3ccccc3O2)S(C)(=O)=O)c1C. The largest absolute Gasteiger partial charge is 0.486 e. The average Bonchev–Trinajstić information content (AvgIpc) is 2.71. The summed E-state index contributed by atoms with van der Waals surface area (Å²) in [4.78, 5) is 12.2. The molecular weight excluding hydrogens is 404 g/mol. The van der Waals surface area contributed by atoms with Crippen molar-refractivity contribution >= 4 is 21.6 Å². The van der Waals surface area contributed by atoms with Crippen molar-refractivity contribution in [3.05, 3.63) is 53.6 Å². The van der Waals surface area contributed by atoms with Crippen molar-refractivity contribution in [2.24, 2.45) is 0 Å². The van der Waals surface area contributed by atoms with Crippen molar-refractivity contribution in [2.45, 2.75) is 32.8 Å². The third-order valence-corrected chi connectivity index (χ3v) is 6.28. The van der Waals surface area contributed by atoms with E-state index in [0.29, 0.717) is 36.8 Å². The number of sulfonamides is 1. The zero-order valence-corrected chi connectivity index (χ0v) is 18.4. The Morgan fingerprint density at radius 2 is 1.87 bits per heavy atom. The van der Waals surface area contributed by atoms with E-state index >= 15 is 0 Å². The molecule has 1 amide bonds. The van der Waals surface area contributed by atoms with Gasteiger partial charge in [0, 0.05) is 13.0 Å². The van der Waals surface area contributed by atoms with Gasteiger partial charge in [0.2, 0.25) is 15.9 Å². The van der Waals surface area contributed by atoms with Crippen LogP contribution in [0.5, 0.6) is 11.5 Å². The number of hydrogen-bond acceptors (Lipinski definition) is 5. The number of fused-ring (bicyclic) bond motifs is 1. The molecule has 0 aliphatic carbocycles. The van der Waals surface area contributed by atoms with Gasteiger partial charge in [0.05, 0.1) is 18.5 Å². The second kappa shape index (κ2) is 9.38. The molecule has 2 aromatic carbocycles. The molecule has 1 N–H and O–H groups in total. The molecule has 1 heterocycles. The molecule has 0 fully saturated rings. The number of nitrogens with one attached hydrogen (secondary N) is 1. The fourth-order valence-corrected chi connectivity index (χ4v) is 4.35. The molecule has 1 aliphatic heterocycles. The van der Waals surface area contributed by atoms with E-state index in [1.807, 2.05) is 50.2 Å². The first-order chi connectivity index (χ1) is 14.3. The van der Waals surface area contributed by atoms with Crippen LogP contribution in [0.25, 0.3) is 0 Å². The van der Waals surface area contributed by atoms with Crippen LogP contribution in [0, 0.1) is 13.8 Å². The third kappa shape index (κ3) is 5.44. The first-order valence-electron chi connectivity index (χ1n) is 9.95. The fraction of sp³-hybridized carbons (Fsp3) is 0.409. The molecule has 1 aliphatic rings. The third-order valence-electron chi connectivity index (χ3n) is 5.10. The Morgan fingerprint density at radius 1 is 1.13 bits per heavy atom. The van der Waals surface area contributed by atoms with E-state index in [0.717, 1.165) is 11.1 Å². The first kappa shape index (κ1) is 22.0. The Hall–Kier alpha value is -2.74. The predicted molar refractivity (Wildman–Crippen MR) is 117 cm³/mol. The van der Waals surface area contributed by atoms with Crippen LogP contribution in [0.2, 0.25) is 0 Å². The van der Waals surface area contributed by atoms with Crippen LogP contribution >= 0.6 is 0 Å². The van der Waals surface area contributed by atoms with Crippen molar-refractivity contribution in [2.75, 3.05) is 30.3 Å². The number of hydrogen-bond donors (Lipinski definition) is 1. The number of anilines is 1. The van der Waals surface area contributed by atoms with Gasteiger partial charge in [-0.05, 0) is 49.6 Å². The van der Waals surface area contributed by atoms with Gasteiger partial charge in [-0.2, -0.15) is 0 Å². The van der Waals surface area contributed by atoms with Crippen LogP contribution < -0.4 is 19.1 Å². The maximum atomic E-state index is 12.3. The van der Waals surface area contributed by atoms with Crippen LogP contribution in [-0.4, -0.2) is 46.4 Å². The first-order valence-corrected chi connectivity index (χ1v) is 11.8. The van der Waals surface area contributed by atoms with Gasteiger partial charge >= 0.3 is 0 Å². The Kier molecular flexibility index (Phi) is 6.87. The number of aryl methyl sites for hydroxylation is 1. The lowest BCUT2D eigenvalue weighted by molar-refractivity contribution is -0.121. The van der Waals surface area contributed by atoms with Gasteiger partial charge in [0.15, 0.2) is 11.5 Å². The van der Waals surface area contributed by atoms with E-state index < -0.39 is 10.0 Å². The number of para-hydroxylation sites is 2. The van der Waals surface area contributed by atoms with E-state index in [2.05, 4.69) is 5.32 Å². The zero-order valence-electron chi connectivity index (χ0n) is 17.6. The van der Waals surface area contributed by atoms with E-state index in [4.69, 9.17) is 9.47 Å². The molecule has 0 radical (unpaired) electrons. The summed E-state index contributed by atoms with van der Waals surface area (Å²) >= 11 is 0. The Balaban J connectivity index is 1.50. The van der Waals surface area contributed by atoms with Gasteiger partial charge < -0.3 is 14.8 Å². The number of carbonyl (C=O) groups is 1. The Labute approximate surface area is 178 Å². The summed E-state index contributed by atoms with van der Waals surface area (Å²) in [6.45, 7) is 4.79. The van der Waals surface area contributed by atoms with Crippen molar-refractivity contribution in [1.82, 2.24) is 5.32 Å². The summed E-state index contributed by atoms with van der Waals surface area (Å²) in [5.41, 5.74) is 2.60. The summed E-state index contributed by atoms with van der Waals surface area (Å²) in [5.74, 6) is 1.22.